The summed E-state index contributed by atoms with van der Waals surface area (Å²) in [4.78, 5) is 44.1. The number of alkyl halides is 4. The quantitative estimate of drug-likeness (QED) is 0.406. The lowest BCUT2D eigenvalue weighted by Crippen LogP contribution is -2.56. The summed E-state index contributed by atoms with van der Waals surface area (Å²) in [6.45, 7) is -0.992. The highest BCUT2D eigenvalue weighted by molar-refractivity contribution is 5.90. The summed E-state index contributed by atoms with van der Waals surface area (Å²) in [6, 6.07) is 11.0. The van der Waals surface area contributed by atoms with E-state index in [9.17, 15) is 37.1 Å². The molecule has 3 N–H and O–H groups in total. The molecule has 0 bridgehead atoms. The zero-order valence-corrected chi connectivity index (χ0v) is 21.7. The number of hydrogen-bond acceptors (Lipinski definition) is 5. The normalized spacial score (nSPS) is 21.8. The fourth-order valence-corrected chi connectivity index (χ4v) is 5.16. The van der Waals surface area contributed by atoms with Gasteiger partial charge in [-0.3, -0.25) is 19.4 Å². The third-order valence-electron chi connectivity index (χ3n) is 7.37. The van der Waals surface area contributed by atoms with E-state index in [1.54, 1.807) is 54.7 Å². The molecule has 3 amide bonds. The van der Waals surface area contributed by atoms with Crippen molar-refractivity contribution < 1.29 is 37.1 Å². The molecule has 0 unspecified atom stereocenters. The Labute approximate surface area is 229 Å². The van der Waals surface area contributed by atoms with Gasteiger partial charge in [0.05, 0.1) is 24.8 Å². The molecule has 0 radical (unpaired) electrons. The second-order valence-corrected chi connectivity index (χ2v) is 10.5. The van der Waals surface area contributed by atoms with Crippen molar-refractivity contribution in [3.8, 4) is 0 Å². The van der Waals surface area contributed by atoms with E-state index >= 15 is 0 Å². The first-order chi connectivity index (χ1) is 18.9. The van der Waals surface area contributed by atoms with Crippen molar-refractivity contribution in [3.05, 3.63) is 66.0 Å². The monoisotopic (exact) mass is 564 g/mol. The van der Waals surface area contributed by atoms with Crippen LogP contribution < -0.4 is 10.6 Å². The Kier molecular flexibility index (Phi) is 9.07. The van der Waals surface area contributed by atoms with Crippen molar-refractivity contribution in [2.75, 3.05) is 6.54 Å². The van der Waals surface area contributed by atoms with E-state index in [1.165, 1.54) is 0 Å². The van der Waals surface area contributed by atoms with Crippen LogP contribution in [0.1, 0.15) is 43.4 Å². The van der Waals surface area contributed by atoms with Crippen LogP contribution in [0, 0.1) is 5.92 Å². The molecule has 1 aromatic heterocycles. The third-order valence-corrected chi connectivity index (χ3v) is 7.37. The third kappa shape index (κ3) is 7.56. The number of nitrogens with zero attached hydrogens (tertiary/aromatic N) is 2. The summed E-state index contributed by atoms with van der Waals surface area (Å²) < 4.78 is 56.1. The zero-order chi connectivity index (χ0) is 28.9. The van der Waals surface area contributed by atoms with Crippen LogP contribution in [0.4, 0.5) is 17.6 Å². The van der Waals surface area contributed by atoms with Crippen molar-refractivity contribution >= 4 is 17.7 Å². The van der Waals surface area contributed by atoms with Gasteiger partial charge in [0.25, 0.3) is 11.8 Å². The van der Waals surface area contributed by atoms with Crippen LogP contribution >= 0.6 is 0 Å². The average molecular weight is 565 g/mol. The Morgan fingerprint density at radius 1 is 1.00 bits per heavy atom. The van der Waals surface area contributed by atoms with Gasteiger partial charge in [-0.15, -0.1) is 0 Å². The Morgan fingerprint density at radius 2 is 1.68 bits per heavy atom. The lowest BCUT2D eigenvalue weighted by atomic mass is 9.85. The average Bonchev–Trinajstić information content (AvgIpc) is 3.27. The molecule has 2 aliphatic rings. The standard InChI is InChI=1S/C28H32F4N4O4/c29-27(30)11-9-19(10-12-27)26(40)36-17-28(31,32)15-22(36)24(38)35-21(14-18-6-2-1-3-7-18)23(37)25(39)34-16-20-8-4-5-13-33-20/h1-8,13,19,21-23,37H,9-12,14-17H2,(H,34,39)(H,35,38)/t21-,22-,23+/m1/s1. The number of aliphatic hydroxyl groups is 1. The number of aliphatic hydroxyl groups excluding tert-OH is 1. The molecule has 0 spiro atoms. The number of rotatable bonds is 9. The Hall–Kier alpha value is -3.54. The number of likely N-dealkylation sites (tertiary alicyclic amines) is 1. The molecule has 40 heavy (non-hydrogen) atoms. The number of hydrogen-bond donors (Lipinski definition) is 3. The van der Waals surface area contributed by atoms with E-state index in [4.69, 9.17) is 0 Å². The number of nitrogens with one attached hydrogen (secondary N) is 2. The van der Waals surface area contributed by atoms with E-state index in [1.807, 2.05) is 0 Å². The van der Waals surface area contributed by atoms with Crippen LogP contribution in [-0.4, -0.2) is 69.3 Å². The van der Waals surface area contributed by atoms with Crippen molar-refractivity contribution in [1.82, 2.24) is 20.5 Å². The lowest BCUT2D eigenvalue weighted by Gasteiger charge is -2.33. The number of aromatic nitrogens is 1. The van der Waals surface area contributed by atoms with E-state index in [2.05, 4.69) is 15.6 Å². The Bertz CT molecular complexity index is 1180. The molecule has 8 nitrogen and oxygen atoms in total. The second-order valence-electron chi connectivity index (χ2n) is 10.5. The highest BCUT2D eigenvalue weighted by atomic mass is 19.3. The number of carbonyl (C=O) groups is 3. The molecule has 1 saturated heterocycles. The number of halogens is 4. The summed E-state index contributed by atoms with van der Waals surface area (Å²) >= 11 is 0. The molecule has 12 heteroatoms. The van der Waals surface area contributed by atoms with Crippen LogP contribution in [0.3, 0.4) is 0 Å². The van der Waals surface area contributed by atoms with Crippen molar-refractivity contribution in [3.63, 3.8) is 0 Å². The number of pyridine rings is 1. The van der Waals surface area contributed by atoms with Crippen molar-refractivity contribution in [1.29, 1.82) is 0 Å². The molecule has 2 fully saturated rings. The smallest absolute Gasteiger partial charge is 0.267 e. The first kappa shape index (κ1) is 29.4. The molecule has 1 aliphatic carbocycles. The number of amides is 3. The maximum Gasteiger partial charge on any atom is 0.267 e. The van der Waals surface area contributed by atoms with E-state index < -0.39 is 79.5 Å². The zero-order valence-electron chi connectivity index (χ0n) is 21.7. The minimum Gasteiger partial charge on any atom is -0.381 e. The predicted octanol–water partition coefficient (Wildman–Crippen LogP) is 2.85. The van der Waals surface area contributed by atoms with Gasteiger partial charge in [-0.1, -0.05) is 36.4 Å². The summed E-state index contributed by atoms with van der Waals surface area (Å²) in [5.74, 6) is -9.67. The van der Waals surface area contributed by atoms with Gasteiger partial charge in [-0.05, 0) is 37.0 Å². The van der Waals surface area contributed by atoms with Crippen LogP contribution in [0.5, 0.6) is 0 Å². The van der Waals surface area contributed by atoms with Gasteiger partial charge in [-0.2, -0.15) is 0 Å². The number of carbonyl (C=O) groups excluding carboxylic acids is 3. The van der Waals surface area contributed by atoms with Gasteiger partial charge < -0.3 is 20.6 Å². The van der Waals surface area contributed by atoms with E-state index in [0.29, 0.717) is 11.3 Å². The minimum absolute atomic E-state index is 0.000476. The van der Waals surface area contributed by atoms with E-state index in [0.717, 1.165) is 4.90 Å². The summed E-state index contributed by atoms with van der Waals surface area (Å²) in [5.41, 5.74) is 1.20. The first-order valence-corrected chi connectivity index (χ1v) is 13.2. The molecule has 1 aromatic carbocycles. The highest BCUT2D eigenvalue weighted by Crippen LogP contribution is 2.39. The van der Waals surface area contributed by atoms with Crippen molar-refractivity contribution in [2.24, 2.45) is 5.92 Å². The maximum absolute atomic E-state index is 14.5. The summed E-state index contributed by atoms with van der Waals surface area (Å²) in [6.07, 6.45) is -2.53. The second kappa shape index (κ2) is 12.3. The molecule has 4 rings (SSSR count). The van der Waals surface area contributed by atoms with Crippen molar-refractivity contribution in [2.45, 2.75) is 75.1 Å². The van der Waals surface area contributed by atoms with Crippen LogP contribution in [-0.2, 0) is 27.3 Å². The fourth-order valence-electron chi connectivity index (χ4n) is 5.16. The summed E-state index contributed by atoms with van der Waals surface area (Å²) in [7, 11) is 0. The lowest BCUT2D eigenvalue weighted by molar-refractivity contribution is -0.146. The van der Waals surface area contributed by atoms with Gasteiger partial charge >= 0.3 is 0 Å². The number of benzene rings is 1. The van der Waals surface area contributed by atoms with E-state index in [-0.39, 0.29) is 25.8 Å². The molecule has 216 valence electrons. The largest absolute Gasteiger partial charge is 0.381 e. The van der Waals surface area contributed by atoms with Crippen LogP contribution in [0.2, 0.25) is 0 Å². The first-order valence-electron chi connectivity index (χ1n) is 13.2. The molecule has 3 atom stereocenters. The highest BCUT2D eigenvalue weighted by Gasteiger charge is 2.52. The Morgan fingerprint density at radius 3 is 2.33 bits per heavy atom. The van der Waals surface area contributed by atoms with Gasteiger partial charge in [0.15, 0.2) is 6.10 Å². The SMILES string of the molecule is O=C(NCc1ccccn1)[C@@H](O)[C@@H](Cc1ccccc1)NC(=O)[C@H]1CC(F)(F)CN1C(=O)C1CCC(F)(F)CC1. The van der Waals surface area contributed by atoms with Crippen LogP contribution in [0.15, 0.2) is 54.7 Å². The molecule has 2 aromatic rings. The predicted molar refractivity (Wildman–Crippen MR) is 136 cm³/mol. The van der Waals surface area contributed by atoms with Gasteiger partial charge in [-0.25, -0.2) is 17.6 Å². The van der Waals surface area contributed by atoms with Gasteiger partial charge in [0.1, 0.15) is 6.04 Å². The molecular formula is C28H32F4N4O4. The van der Waals surface area contributed by atoms with Gasteiger partial charge in [0, 0.05) is 31.4 Å². The molecule has 1 saturated carbocycles. The van der Waals surface area contributed by atoms with Gasteiger partial charge in [0.2, 0.25) is 17.7 Å². The maximum atomic E-state index is 14.5. The topological polar surface area (TPSA) is 112 Å². The van der Waals surface area contributed by atoms with Crippen LogP contribution in [0.25, 0.3) is 0 Å². The molecular weight excluding hydrogens is 532 g/mol. The Balaban J connectivity index is 1.48. The molecule has 2 heterocycles. The minimum atomic E-state index is -3.36. The fraction of sp³-hybridized carbons (Fsp3) is 0.500. The molecule has 1 aliphatic heterocycles. The summed E-state index contributed by atoms with van der Waals surface area (Å²) in [5, 5.41) is 16.0.